The van der Waals surface area contributed by atoms with Gasteiger partial charge < -0.3 is 15.0 Å². The largest absolute Gasteiger partial charge is 0.495 e. The number of likely N-dealkylation sites (tertiary alicyclic amines) is 1. The van der Waals surface area contributed by atoms with E-state index in [1.165, 1.54) is 0 Å². The van der Waals surface area contributed by atoms with Crippen molar-refractivity contribution in [1.82, 2.24) is 15.5 Å². The number of piperidine rings is 1. The second kappa shape index (κ2) is 7.76. The number of halogens is 1. The summed E-state index contributed by atoms with van der Waals surface area (Å²) in [7, 11) is 1.61. The van der Waals surface area contributed by atoms with Crippen LogP contribution in [0.1, 0.15) is 44.1 Å². The molecule has 27 heavy (non-hydrogen) atoms. The van der Waals surface area contributed by atoms with Crippen LogP contribution in [0, 0.1) is 0 Å². The topological polar surface area (TPSA) is 87.7 Å². The minimum atomic E-state index is -1.01. The number of hydrogen-bond acceptors (Lipinski definition) is 4. The summed E-state index contributed by atoms with van der Waals surface area (Å²) in [6.07, 6.45) is 2.16. The minimum Gasteiger partial charge on any atom is -0.495 e. The average Bonchev–Trinajstić information content (AvgIpc) is 2.91. The number of rotatable bonds is 5. The van der Waals surface area contributed by atoms with Crippen LogP contribution in [-0.2, 0) is 9.59 Å². The number of imide groups is 1. The molecule has 8 heteroatoms. The Morgan fingerprint density at radius 3 is 2.63 bits per heavy atom. The maximum absolute atomic E-state index is 12.5. The molecule has 2 heterocycles. The highest BCUT2D eigenvalue weighted by molar-refractivity contribution is 6.32. The highest BCUT2D eigenvalue weighted by atomic mass is 35.5. The van der Waals surface area contributed by atoms with Crippen molar-refractivity contribution >= 4 is 29.4 Å². The number of urea groups is 1. The molecular formula is C19H24ClN3O4. The first-order valence-corrected chi connectivity index (χ1v) is 9.45. The predicted octanol–water partition coefficient (Wildman–Crippen LogP) is 2.43. The Morgan fingerprint density at radius 1 is 1.33 bits per heavy atom. The molecule has 0 aliphatic carbocycles. The average molecular weight is 394 g/mol. The van der Waals surface area contributed by atoms with E-state index < -0.39 is 11.6 Å². The summed E-state index contributed by atoms with van der Waals surface area (Å²) in [5, 5.41) is 5.40. The summed E-state index contributed by atoms with van der Waals surface area (Å²) in [6.45, 7) is 2.93. The molecule has 1 atom stereocenters. The summed E-state index contributed by atoms with van der Waals surface area (Å²) in [5.41, 5.74) is 0.0640. The van der Waals surface area contributed by atoms with Crippen molar-refractivity contribution in [1.29, 1.82) is 0 Å². The van der Waals surface area contributed by atoms with Crippen LogP contribution in [0.2, 0.25) is 5.02 Å². The van der Waals surface area contributed by atoms with E-state index in [4.69, 9.17) is 16.3 Å². The fourth-order valence-electron chi connectivity index (χ4n) is 3.77. The molecular weight excluding hydrogens is 370 g/mol. The molecule has 0 saturated carbocycles. The molecule has 2 fully saturated rings. The number of amides is 4. The van der Waals surface area contributed by atoms with Gasteiger partial charge in [-0.2, -0.15) is 0 Å². The van der Waals surface area contributed by atoms with Gasteiger partial charge in [-0.15, -0.1) is 0 Å². The fourth-order valence-corrected chi connectivity index (χ4v) is 4.03. The van der Waals surface area contributed by atoms with Gasteiger partial charge in [0.05, 0.1) is 12.1 Å². The van der Waals surface area contributed by atoms with E-state index in [0.29, 0.717) is 29.8 Å². The van der Waals surface area contributed by atoms with Gasteiger partial charge in [0.1, 0.15) is 11.3 Å². The molecule has 146 valence electrons. The monoisotopic (exact) mass is 393 g/mol. The third-order valence-electron chi connectivity index (χ3n) is 5.45. The van der Waals surface area contributed by atoms with Gasteiger partial charge >= 0.3 is 6.03 Å². The zero-order valence-corrected chi connectivity index (χ0v) is 16.3. The summed E-state index contributed by atoms with van der Waals surface area (Å²) in [5.74, 6) is 0.619. The molecule has 7 nitrogen and oxygen atoms in total. The molecule has 3 rings (SSSR count). The van der Waals surface area contributed by atoms with Gasteiger partial charge in [0.15, 0.2) is 0 Å². The Bertz CT molecular complexity index is 761. The number of carbonyl (C=O) groups is 3. The lowest BCUT2D eigenvalue weighted by Gasteiger charge is -2.33. The van der Waals surface area contributed by atoms with Gasteiger partial charge in [0.25, 0.3) is 5.91 Å². The number of nitrogens with zero attached hydrogens (tertiary/aromatic N) is 1. The van der Waals surface area contributed by atoms with E-state index >= 15 is 0 Å². The quantitative estimate of drug-likeness (QED) is 0.752. The van der Waals surface area contributed by atoms with E-state index in [0.717, 1.165) is 18.4 Å². The van der Waals surface area contributed by atoms with E-state index in [1.54, 1.807) is 20.1 Å². The molecule has 2 aliphatic heterocycles. The maximum Gasteiger partial charge on any atom is 0.322 e. The van der Waals surface area contributed by atoms with Crippen LogP contribution >= 0.6 is 11.6 Å². The van der Waals surface area contributed by atoms with Gasteiger partial charge in [0.2, 0.25) is 5.91 Å². The molecule has 1 aromatic rings. The lowest BCUT2D eigenvalue weighted by atomic mass is 9.88. The Balaban J connectivity index is 1.55. The Hall–Kier alpha value is -2.28. The van der Waals surface area contributed by atoms with Crippen LogP contribution < -0.4 is 15.4 Å². The third kappa shape index (κ3) is 4.03. The smallest absolute Gasteiger partial charge is 0.322 e. The van der Waals surface area contributed by atoms with Crippen LogP contribution in [0.5, 0.6) is 5.75 Å². The van der Waals surface area contributed by atoms with Crippen LogP contribution in [0.3, 0.4) is 0 Å². The minimum absolute atomic E-state index is 0.00156. The number of nitrogens with one attached hydrogen (secondary N) is 2. The highest BCUT2D eigenvalue weighted by Crippen LogP contribution is 2.38. The first-order valence-electron chi connectivity index (χ1n) is 9.08. The standard InChI is InChI=1S/C19H24ClN3O4/c1-19(17(25)21-18(26)22-19)9-6-15(24)23-10-7-12(8-11-23)13-4-3-5-14(20)16(13)27-2/h3-5,12H,6-11H2,1-2H3,(H2,21,22,25,26). The molecule has 4 amide bonds. The molecule has 0 bridgehead atoms. The van der Waals surface area contributed by atoms with E-state index in [9.17, 15) is 14.4 Å². The van der Waals surface area contributed by atoms with Crippen molar-refractivity contribution < 1.29 is 19.1 Å². The van der Waals surface area contributed by atoms with Gasteiger partial charge in [-0.3, -0.25) is 14.9 Å². The maximum atomic E-state index is 12.5. The zero-order valence-electron chi connectivity index (χ0n) is 15.5. The second-order valence-corrected chi connectivity index (χ2v) is 7.66. The Labute approximate surface area is 163 Å². The molecule has 0 aromatic heterocycles. The lowest BCUT2D eigenvalue weighted by Crippen LogP contribution is -2.45. The second-order valence-electron chi connectivity index (χ2n) is 7.26. The molecule has 0 radical (unpaired) electrons. The molecule has 0 spiro atoms. The number of carbonyl (C=O) groups excluding carboxylic acids is 3. The summed E-state index contributed by atoms with van der Waals surface area (Å²) in [4.78, 5) is 37.5. The molecule has 2 aliphatic rings. The number of para-hydroxylation sites is 1. The fraction of sp³-hybridized carbons (Fsp3) is 0.526. The summed E-state index contributed by atoms with van der Waals surface area (Å²) >= 11 is 6.21. The van der Waals surface area contributed by atoms with Crippen molar-refractivity contribution in [2.24, 2.45) is 0 Å². The zero-order chi connectivity index (χ0) is 19.6. The Kier molecular flexibility index (Phi) is 5.60. The molecule has 1 aromatic carbocycles. The van der Waals surface area contributed by atoms with Crippen molar-refractivity contribution in [2.75, 3.05) is 20.2 Å². The molecule has 2 N–H and O–H groups in total. The van der Waals surface area contributed by atoms with Crippen LogP contribution in [0.25, 0.3) is 0 Å². The van der Waals surface area contributed by atoms with Crippen LogP contribution in [0.15, 0.2) is 18.2 Å². The van der Waals surface area contributed by atoms with Gasteiger partial charge in [-0.05, 0) is 43.7 Å². The Morgan fingerprint density at radius 2 is 2.04 bits per heavy atom. The van der Waals surface area contributed by atoms with Crippen molar-refractivity contribution in [3.05, 3.63) is 28.8 Å². The van der Waals surface area contributed by atoms with Crippen molar-refractivity contribution in [3.8, 4) is 5.75 Å². The van der Waals surface area contributed by atoms with Gasteiger partial charge in [0, 0.05) is 19.5 Å². The van der Waals surface area contributed by atoms with Crippen molar-refractivity contribution in [3.63, 3.8) is 0 Å². The van der Waals surface area contributed by atoms with E-state index in [1.807, 2.05) is 17.0 Å². The highest BCUT2D eigenvalue weighted by Gasteiger charge is 2.42. The first-order chi connectivity index (χ1) is 12.8. The first kappa shape index (κ1) is 19.5. The number of hydrogen-bond donors (Lipinski definition) is 2. The van der Waals surface area contributed by atoms with Gasteiger partial charge in [-0.25, -0.2) is 4.79 Å². The molecule has 1 unspecified atom stereocenters. The van der Waals surface area contributed by atoms with Crippen LogP contribution in [-0.4, -0.2) is 48.5 Å². The number of methoxy groups -OCH3 is 1. The lowest BCUT2D eigenvalue weighted by molar-refractivity contribution is -0.133. The predicted molar refractivity (Wildman–Crippen MR) is 101 cm³/mol. The van der Waals surface area contributed by atoms with Gasteiger partial charge in [-0.1, -0.05) is 23.7 Å². The molecule has 2 saturated heterocycles. The van der Waals surface area contributed by atoms with Crippen molar-refractivity contribution in [2.45, 2.75) is 44.1 Å². The van der Waals surface area contributed by atoms with E-state index in [2.05, 4.69) is 10.6 Å². The summed E-state index contributed by atoms with van der Waals surface area (Å²) in [6, 6.07) is 5.24. The normalized spacial score (nSPS) is 23.1. The van der Waals surface area contributed by atoms with E-state index in [-0.39, 0.29) is 24.7 Å². The summed E-state index contributed by atoms with van der Waals surface area (Å²) < 4.78 is 5.44. The number of benzene rings is 1. The number of ether oxygens (including phenoxy) is 1. The van der Waals surface area contributed by atoms with Crippen LogP contribution in [0.4, 0.5) is 4.79 Å². The SMILES string of the molecule is COc1c(Cl)cccc1C1CCN(C(=O)CCC2(C)NC(=O)NC2=O)CC1. The third-order valence-corrected chi connectivity index (χ3v) is 5.74.